The first-order chi connectivity index (χ1) is 10.7. The van der Waals surface area contributed by atoms with E-state index < -0.39 is 0 Å². The Kier molecular flexibility index (Phi) is 5.17. The van der Waals surface area contributed by atoms with Crippen molar-refractivity contribution in [1.82, 2.24) is 4.90 Å². The molecule has 2 heteroatoms. The molecule has 0 heterocycles. The molecule has 3 rings (SSSR count). The molecule has 0 aliphatic heterocycles. The fourth-order valence-corrected chi connectivity index (χ4v) is 3.66. The maximum atomic E-state index is 6.67. The number of hydrogen-bond acceptors (Lipinski definition) is 1. The van der Waals surface area contributed by atoms with Gasteiger partial charge in [-0.15, -0.1) is 11.6 Å². The topological polar surface area (TPSA) is 3.24 Å². The van der Waals surface area contributed by atoms with Crippen LogP contribution >= 0.6 is 11.6 Å². The van der Waals surface area contributed by atoms with Crippen LogP contribution in [0.2, 0.25) is 0 Å². The van der Waals surface area contributed by atoms with Crippen LogP contribution in [0.3, 0.4) is 0 Å². The van der Waals surface area contributed by atoms with Crippen molar-refractivity contribution in [3.8, 4) is 0 Å². The first kappa shape index (κ1) is 15.6. The third kappa shape index (κ3) is 3.91. The summed E-state index contributed by atoms with van der Waals surface area (Å²) >= 11 is 6.67. The summed E-state index contributed by atoms with van der Waals surface area (Å²) in [4.78, 5) is 2.30. The molecule has 0 spiro atoms. The van der Waals surface area contributed by atoms with Crippen molar-refractivity contribution in [3.63, 3.8) is 0 Å². The normalized spacial score (nSPS) is 15.6. The molecule has 0 saturated carbocycles. The summed E-state index contributed by atoms with van der Waals surface area (Å²) in [6, 6.07) is 17.4. The van der Waals surface area contributed by atoms with Crippen LogP contribution in [-0.2, 0) is 19.4 Å². The molecule has 2 aromatic rings. The lowest BCUT2D eigenvalue weighted by molar-refractivity contribution is 0.327. The van der Waals surface area contributed by atoms with Crippen molar-refractivity contribution in [3.05, 3.63) is 70.8 Å². The maximum Gasteiger partial charge on any atom is 0.0712 e. The van der Waals surface area contributed by atoms with E-state index >= 15 is 0 Å². The second-order valence-corrected chi connectivity index (χ2v) is 6.91. The number of aryl methyl sites for hydroxylation is 2. The Morgan fingerprint density at radius 3 is 2.50 bits per heavy atom. The van der Waals surface area contributed by atoms with E-state index in [4.69, 9.17) is 11.6 Å². The number of hydrogen-bond donors (Lipinski definition) is 0. The van der Waals surface area contributed by atoms with E-state index in [2.05, 4.69) is 60.5 Å². The molecule has 1 unspecified atom stereocenters. The molecular formula is C20H24ClN. The minimum absolute atomic E-state index is 0.0564. The van der Waals surface area contributed by atoms with E-state index in [1.807, 2.05) is 0 Å². The Labute approximate surface area is 138 Å². The smallest absolute Gasteiger partial charge is 0.0712 e. The highest BCUT2D eigenvalue weighted by Gasteiger charge is 2.15. The lowest BCUT2D eigenvalue weighted by Crippen LogP contribution is -2.22. The highest BCUT2D eigenvalue weighted by atomic mass is 35.5. The van der Waals surface area contributed by atoms with Crippen molar-refractivity contribution in [1.29, 1.82) is 0 Å². The summed E-state index contributed by atoms with van der Waals surface area (Å²) in [6.45, 7) is 1.81. The SMILES string of the molecule is CN(Cc1ccccc1)CC(Cl)c1ccc2c(c1)CCCC2. The average molecular weight is 314 g/mol. The van der Waals surface area contributed by atoms with Gasteiger partial charge in [0.05, 0.1) is 5.38 Å². The van der Waals surface area contributed by atoms with Crippen LogP contribution < -0.4 is 0 Å². The Hall–Kier alpha value is -1.31. The zero-order valence-corrected chi connectivity index (χ0v) is 14.0. The number of nitrogens with zero attached hydrogens (tertiary/aromatic N) is 1. The Balaban J connectivity index is 1.62. The number of benzene rings is 2. The predicted molar refractivity (Wildman–Crippen MR) is 94.5 cm³/mol. The van der Waals surface area contributed by atoms with Crippen molar-refractivity contribution in [2.75, 3.05) is 13.6 Å². The molecule has 0 N–H and O–H groups in total. The predicted octanol–water partition coefficient (Wildman–Crippen LogP) is 4.98. The largest absolute Gasteiger partial charge is 0.300 e. The van der Waals surface area contributed by atoms with Gasteiger partial charge in [0.2, 0.25) is 0 Å². The highest BCUT2D eigenvalue weighted by molar-refractivity contribution is 6.21. The van der Waals surface area contributed by atoms with Gasteiger partial charge in [-0.1, -0.05) is 48.5 Å². The molecule has 2 aromatic carbocycles. The zero-order chi connectivity index (χ0) is 15.4. The minimum atomic E-state index is 0.0564. The van der Waals surface area contributed by atoms with Gasteiger partial charge in [0.15, 0.2) is 0 Å². The standard InChI is InChI=1S/C20H24ClN/c1-22(14-16-7-3-2-4-8-16)15-20(21)19-12-11-17-9-5-6-10-18(17)13-19/h2-4,7-8,11-13,20H,5-6,9-10,14-15H2,1H3. The van der Waals surface area contributed by atoms with Gasteiger partial charge in [-0.05, 0) is 55.0 Å². The van der Waals surface area contributed by atoms with Crippen LogP contribution in [0.4, 0.5) is 0 Å². The maximum absolute atomic E-state index is 6.67. The van der Waals surface area contributed by atoms with E-state index in [1.54, 1.807) is 0 Å². The second kappa shape index (κ2) is 7.30. The first-order valence-corrected chi connectivity index (χ1v) is 8.64. The Bertz CT molecular complexity index is 608. The second-order valence-electron chi connectivity index (χ2n) is 6.39. The zero-order valence-electron chi connectivity index (χ0n) is 13.3. The molecule has 0 radical (unpaired) electrons. The molecule has 0 fully saturated rings. The van der Waals surface area contributed by atoms with Crippen LogP contribution in [0.15, 0.2) is 48.5 Å². The van der Waals surface area contributed by atoms with Crippen LogP contribution in [0.25, 0.3) is 0 Å². The summed E-state index contributed by atoms with van der Waals surface area (Å²) in [5, 5.41) is 0.0564. The van der Waals surface area contributed by atoms with E-state index in [0.717, 1.165) is 13.1 Å². The molecule has 1 aliphatic rings. The van der Waals surface area contributed by atoms with Gasteiger partial charge in [-0.2, -0.15) is 0 Å². The van der Waals surface area contributed by atoms with E-state index in [1.165, 1.54) is 47.9 Å². The highest BCUT2D eigenvalue weighted by Crippen LogP contribution is 2.28. The van der Waals surface area contributed by atoms with Gasteiger partial charge in [0, 0.05) is 13.1 Å². The third-order valence-electron chi connectivity index (χ3n) is 4.50. The van der Waals surface area contributed by atoms with Gasteiger partial charge in [-0.25, -0.2) is 0 Å². The van der Waals surface area contributed by atoms with E-state index in [-0.39, 0.29) is 5.38 Å². The number of fused-ring (bicyclic) bond motifs is 1. The molecule has 0 aromatic heterocycles. The molecule has 1 aliphatic carbocycles. The first-order valence-electron chi connectivity index (χ1n) is 8.20. The average Bonchev–Trinajstić information content (AvgIpc) is 2.55. The number of rotatable bonds is 5. The van der Waals surface area contributed by atoms with Crippen molar-refractivity contribution in [2.24, 2.45) is 0 Å². The molecule has 0 saturated heterocycles. The van der Waals surface area contributed by atoms with Crippen LogP contribution in [0.5, 0.6) is 0 Å². The molecule has 22 heavy (non-hydrogen) atoms. The van der Waals surface area contributed by atoms with Crippen LogP contribution in [0, 0.1) is 0 Å². The van der Waals surface area contributed by atoms with Gasteiger partial charge >= 0.3 is 0 Å². The quantitative estimate of drug-likeness (QED) is 0.704. The van der Waals surface area contributed by atoms with E-state index in [9.17, 15) is 0 Å². The molecule has 0 amide bonds. The fourth-order valence-electron chi connectivity index (χ4n) is 3.29. The summed E-state index contributed by atoms with van der Waals surface area (Å²) in [6.07, 6.45) is 5.09. The van der Waals surface area contributed by atoms with Gasteiger partial charge in [-0.3, -0.25) is 0 Å². The Morgan fingerprint density at radius 1 is 1.00 bits per heavy atom. The molecular weight excluding hydrogens is 290 g/mol. The molecule has 0 bridgehead atoms. The molecule has 1 atom stereocenters. The summed E-state index contributed by atoms with van der Waals surface area (Å²) in [5.41, 5.74) is 5.64. The van der Waals surface area contributed by atoms with Gasteiger partial charge < -0.3 is 4.90 Å². The number of likely N-dealkylation sites (N-methyl/N-ethyl adjacent to an activating group) is 1. The van der Waals surface area contributed by atoms with Crippen molar-refractivity contribution >= 4 is 11.6 Å². The van der Waals surface area contributed by atoms with Crippen LogP contribution in [-0.4, -0.2) is 18.5 Å². The number of halogens is 1. The summed E-state index contributed by atoms with van der Waals surface area (Å²) in [7, 11) is 2.14. The molecule has 116 valence electrons. The van der Waals surface area contributed by atoms with Gasteiger partial charge in [0.25, 0.3) is 0 Å². The fraction of sp³-hybridized carbons (Fsp3) is 0.400. The summed E-state index contributed by atoms with van der Waals surface area (Å²) in [5.74, 6) is 0. The minimum Gasteiger partial charge on any atom is -0.300 e. The van der Waals surface area contributed by atoms with Crippen molar-refractivity contribution < 1.29 is 0 Å². The van der Waals surface area contributed by atoms with E-state index in [0.29, 0.717) is 0 Å². The molecule has 1 nitrogen and oxygen atoms in total. The third-order valence-corrected chi connectivity index (χ3v) is 4.89. The Morgan fingerprint density at radius 2 is 1.73 bits per heavy atom. The van der Waals surface area contributed by atoms with Gasteiger partial charge in [0.1, 0.15) is 0 Å². The summed E-state index contributed by atoms with van der Waals surface area (Å²) < 4.78 is 0. The monoisotopic (exact) mass is 313 g/mol. The van der Waals surface area contributed by atoms with Crippen molar-refractivity contribution in [2.45, 2.75) is 37.6 Å². The number of alkyl halides is 1. The lowest BCUT2D eigenvalue weighted by atomic mass is 9.90. The van der Waals surface area contributed by atoms with Crippen LogP contribution in [0.1, 0.15) is 40.5 Å². The lowest BCUT2D eigenvalue weighted by Gasteiger charge is -2.22.